The van der Waals surface area contributed by atoms with Crippen LogP contribution in [0.25, 0.3) is 11.1 Å². The first-order valence-electron chi connectivity index (χ1n) is 10.5. The number of carbonyl (C=O) groups excluding carboxylic acids is 1. The van der Waals surface area contributed by atoms with Crippen LogP contribution in [0.2, 0.25) is 0 Å². The molecule has 0 saturated carbocycles. The number of para-hydroxylation sites is 2. The zero-order valence-corrected chi connectivity index (χ0v) is 17.4. The highest BCUT2D eigenvalue weighted by Gasteiger charge is 2.26. The number of hydrazine groups is 1. The van der Waals surface area contributed by atoms with Gasteiger partial charge in [-0.2, -0.15) is 0 Å². The summed E-state index contributed by atoms with van der Waals surface area (Å²) < 4.78 is 6.70. The number of aromatic nitrogens is 1. The minimum Gasteiger partial charge on any atom is -0.408 e. The molecule has 7 heteroatoms. The molecule has 0 bridgehead atoms. The van der Waals surface area contributed by atoms with Crippen LogP contribution in [-0.4, -0.2) is 35.0 Å². The predicted octanol–water partition coefficient (Wildman–Crippen LogP) is 3.00. The number of amides is 1. The molecule has 1 fully saturated rings. The monoisotopic (exact) mass is 408 g/mol. The molecule has 30 heavy (non-hydrogen) atoms. The van der Waals surface area contributed by atoms with E-state index in [2.05, 4.69) is 35.1 Å². The number of nitrogens with one attached hydrogen (secondary N) is 2. The van der Waals surface area contributed by atoms with Gasteiger partial charge in [0.25, 0.3) is 0 Å². The molecular weight excluding hydrogens is 380 g/mol. The maximum absolute atomic E-state index is 12.9. The highest BCUT2D eigenvalue weighted by molar-refractivity contribution is 5.82. The Kier molecular flexibility index (Phi) is 6.01. The summed E-state index contributed by atoms with van der Waals surface area (Å²) >= 11 is 0. The predicted molar refractivity (Wildman–Crippen MR) is 116 cm³/mol. The van der Waals surface area contributed by atoms with Gasteiger partial charge in [-0.3, -0.25) is 20.2 Å². The number of fused-ring (bicyclic) bond motifs is 1. The van der Waals surface area contributed by atoms with Crippen molar-refractivity contribution in [1.82, 2.24) is 20.3 Å². The lowest BCUT2D eigenvalue weighted by Crippen LogP contribution is -2.37. The molecule has 0 aliphatic carbocycles. The number of carbonyl (C=O) groups is 1. The van der Waals surface area contributed by atoms with Crippen molar-refractivity contribution in [2.24, 2.45) is 0 Å². The largest absolute Gasteiger partial charge is 0.420 e. The minimum atomic E-state index is -0.611. The molecule has 0 radical (unpaired) electrons. The molecule has 3 unspecified atom stereocenters. The summed E-state index contributed by atoms with van der Waals surface area (Å²) in [4.78, 5) is 26.9. The normalized spacial score (nSPS) is 19.8. The molecule has 1 saturated heterocycles. The van der Waals surface area contributed by atoms with Gasteiger partial charge >= 0.3 is 5.76 Å². The number of nitrogens with zero attached hydrogens (tertiary/aromatic N) is 2. The second-order valence-corrected chi connectivity index (χ2v) is 7.97. The lowest BCUT2D eigenvalue weighted by atomic mass is 10.00. The summed E-state index contributed by atoms with van der Waals surface area (Å²) in [6, 6.07) is 17.7. The van der Waals surface area contributed by atoms with Gasteiger partial charge in [-0.15, -0.1) is 0 Å². The molecule has 1 amide bonds. The second kappa shape index (κ2) is 8.85. The lowest BCUT2D eigenvalue weighted by molar-refractivity contribution is -0.133. The summed E-state index contributed by atoms with van der Waals surface area (Å²) in [6.45, 7) is 2.39. The van der Waals surface area contributed by atoms with Gasteiger partial charge in [-0.25, -0.2) is 4.79 Å². The van der Waals surface area contributed by atoms with Gasteiger partial charge in [0.1, 0.15) is 6.04 Å². The molecule has 1 aliphatic rings. The molecule has 7 nitrogen and oxygen atoms in total. The standard InChI is InChI=1S/C23H28N4O3/c1-16(27-20-12-6-7-13-21(20)30-23(27)29)22(28)26(2)14-8-11-18-15-19(25-24-18)17-9-4-3-5-10-17/h3-7,9-10,12-13,16,18-19,24-25H,8,11,14-15H2,1-2H3. The molecule has 3 aromatic rings. The third-order valence-corrected chi connectivity index (χ3v) is 5.87. The van der Waals surface area contributed by atoms with E-state index in [1.807, 2.05) is 18.2 Å². The number of hydrogen-bond acceptors (Lipinski definition) is 5. The van der Waals surface area contributed by atoms with Crippen LogP contribution in [0.5, 0.6) is 0 Å². The molecule has 2 aromatic carbocycles. The van der Waals surface area contributed by atoms with E-state index in [9.17, 15) is 9.59 Å². The van der Waals surface area contributed by atoms with Crippen molar-refractivity contribution in [3.8, 4) is 0 Å². The first-order valence-corrected chi connectivity index (χ1v) is 10.5. The topological polar surface area (TPSA) is 79.5 Å². The fraction of sp³-hybridized carbons (Fsp3) is 0.391. The van der Waals surface area contributed by atoms with Crippen LogP contribution in [0.4, 0.5) is 0 Å². The summed E-state index contributed by atoms with van der Waals surface area (Å²) in [7, 11) is 1.79. The molecule has 2 heterocycles. The van der Waals surface area contributed by atoms with E-state index in [1.54, 1.807) is 31.0 Å². The Morgan fingerprint density at radius 2 is 1.90 bits per heavy atom. The van der Waals surface area contributed by atoms with Crippen LogP contribution in [0.1, 0.15) is 43.8 Å². The molecule has 1 aliphatic heterocycles. The van der Waals surface area contributed by atoms with Gasteiger partial charge in [0.05, 0.1) is 5.52 Å². The summed E-state index contributed by atoms with van der Waals surface area (Å²) in [5, 5.41) is 0. The van der Waals surface area contributed by atoms with Gasteiger partial charge in [0.15, 0.2) is 5.58 Å². The van der Waals surface area contributed by atoms with E-state index < -0.39 is 11.8 Å². The molecule has 2 N–H and O–H groups in total. The number of hydrogen-bond donors (Lipinski definition) is 2. The zero-order chi connectivity index (χ0) is 21.1. The van der Waals surface area contributed by atoms with Gasteiger partial charge in [-0.05, 0) is 43.9 Å². The first kappa shape index (κ1) is 20.4. The molecule has 3 atom stereocenters. The van der Waals surface area contributed by atoms with Crippen molar-refractivity contribution >= 4 is 17.0 Å². The summed E-state index contributed by atoms with van der Waals surface area (Å²) in [5.74, 6) is -0.595. The van der Waals surface area contributed by atoms with Crippen molar-refractivity contribution in [2.75, 3.05) is 13.6 Å². The van der Waals surface area contributed by atoms with Crippen LogP contribution >= 0.6 is 0 Å². The smallest absolute Gasteiger partial charge is 0.408 e. The number of likely N-dealkylation sites (N-methyl/N-ethyl adjacent to an activating group) is 1. The molecule has 158 valence electrons. The van der Waals surface area contributed by atoms with Gasteiger partial charge in [0.2, 0.25) is 5.91 Å². The van der Waals surface area contributed by atoms with E-state index in [0.29, 0.717) is 29.7 Å². The van der Waals surface area contributed by atoms with E-state index in [0.717, 1.165) is 19.3 Å². The molecule has 1 aromatic heterocycles. The Bertz CT molecular complexity index is 1060. The van der Waals surface area contributed by atoms with Crippen LogP contribution in [-0.2, 0) is 4.79 Å². The Balaban J connectivity index is 1.30. The molecular formula is C23H28N4O3. The lowest BCUT2D eigenvalue weighted by Gasteiger charge is -2.22. The van der Waals surface area contributed by atoms with Crippen molar-refractivity contribution < 1.29 is 9.21 Å². The maximum atomic E-state index is 12.9. The average molecular weight is 409 g/mol. The van der Waals surface area contributed by atoms with Gasteiger partial charge in [0, 0.05) is 25.7 Å². The van der Waals surface area contributed by atoms with Gasteiger partial charge in [-0.1, -0.05) is 42.5 Å². The molecule has 4 rings (SSSR count). The van der Waals surface area contributed by atoms with Crippen LogP contribution in [0.15, 0.2) is 63.8 Å². The quantitative estimate of drug-likeness (QED) is 0.628. The van der Waals surface area contributed by atoms with E-state index in [-0.39, 0.29) is 5.91 Å². The Morgan fingerprint density at radius 1 is 1.17 bits per heavy atom. The third-order valence-electron chi connectivity index (χ3n) is 5.87. The third kappa shape index (κ3) is 4.17. The summed E-state index contributed by atoms with van der Waals surface area (Å²) in [6.07, 6.45) is 2.88. The highest BCUT2D eigenvalue weighted by Crippen LogP contribution is 2.24. The SMILES string of the molecule is CC(C(=O)N(C)CCCC1CC(c2ccccc2)NN1)n1c(=O)oc2ccccc21. The van der Waals surface area contributed by atoms with Crippen molar-refractivity contribution in [1.29, 1.82) is 0 Å². The minimum absolute atomic E-state index is 0.0941. The van der Waals surface area contributed by atoms with Crippen LogP contribution in [0.3, 0.4) is 0 Å². The zero-order valence-electron chi connectivity index (χ0n) is 17.4. The Labute approximate surface area is 175 Å². The van der Waals surface area contributed by atoms with Crippen molar-refractivity contribution in [3.05, 3.63) is 70.7 Å². The second-order valence-electron chi connectivity index (χ2n) is 7.97. The van der Waals surface area contributed by atoms with E-state index >= 15 is 0 Å². The fourth-order valence-corrected chi connectivity index (χ4v) is 4.18. The number of rotatable bonds is 7. The van der Waals surface area contributed by atoms with E-state index in [4.69, 9.17) is 4.42 Å². The van der Waals surface area contributed by atoms with E-state index in [1.165, 1.54) is 10.1 Å². The average Bonchev–Trinajstić information content (AvgIpc) is 3.37. The van der Waals surface area contributed by atoms with Gasteiger partial charge < -0.3 is 9.32 Å². The summed E-state index contributed by atoms with van der Waals surface area (Å²) in [5.41, 5.74) is 9.16. The number of benzene rings is 2. The van der Waals surface area contributed by atoms with Crippen molar-refractivity contribution in [2.45, 2.75) is 44.3 Å². The number of oxazole rings is 1. The first-order chi connectivity index (χ1) is 14.5. The fourth-order valence-electron chi connectivity index (χ4n) is 4.18. The van der Waals surface area contributed by atoms with Crippen LogP contribution < -0.4 is 16.6 Å². The Hall–Kier alpha value is -2.90. The van der Waals surface area contributed by atoms with Crippen LogP contribution in [0, 0.1) is 0 Å². The Morgan fingerprint density at radius 3 is 2.70 bits per heavy atom. The highest BCUT2D eigenvalue weighted by atomic mass is 16.4. The van der Waals surface area contributed by atoms with Crippen molar-refractivity contribution in [3.63, 3.8) is 0 Å². The molecule has 0 spiro atoms. The maximum Gasteiger partial charge on any atom is 0.420 e.